The van der Waals surface area contributed by atoms with Crippen LogP contribution in [0.4, 0.5) is 10.1 Å². The average molecular weight is 493 g/mol. The van der Waals surface area contributed by atoms with Crippen LogP contribution in [0.1, 0.15) is 11.1 Å². The van der Waals surface area contributed by atoms with Crippen LogP contribution in [-0.2, 0) is 22.6 Å². The average Bonchev–Trinajstić information content (AvgIpc) is 2.87. The molecule has 1 aliphatic heterocycles. The summed E-state index contributed by atoms with van der Waals surface area (Å²) in [5.74, 6) is 0.169. The number of carbonyl (C=O) groups excluding carboxylic acids is 2. The van der Waals surface area contributed by atoms with E-state index < -0.39 is 0 Å². The molecule has 4 rings (SSSR count). The summed E-state index contributed by atoms with van der Waals surface area (Å²) in [5, 5.41) is 2.83. The largest absolute Gasteiger partial charge is 0.493 e. The van der Waals surface area contributed by atoms with Crippen molar-refractivity contribution in [1.82, 2.24) is 5.32 Å². The first-order valence-corrected chi connectivity index (χ1v) is 11.8. The molecule has 8 heteroatoms. The summed E-state index contributed by atoms with van der Waals surface area (Å²) in [7, 11) is 3.15. The summed E-state index contributed by atoms with van der Waals surface area (Å²) in [4.78, 5) is 28.5. The van der Waals surface area contributed by atoms with Crippen molar-refractivity contribution in [2.75, 3.05) is 25.7 Å². The number of fused-ring (bicyclic) bond motifs is 1. The Kier molecular flexibility index (Phi) is 7.72. The third-order valence-corrected chi connectivity index (χ3v) is 6.62. The topological polar surface area (TPSA) is 67.9 Å². The molecule has 3 aromatic rings. The number of carbonyl (C=O) groups is 2. The quantitative estimate of drug-likeness (QED) is 0.461. The number of benzene rings is 3. The highest BCUT2D eigenvalue weighted by Crippen LogP contribution is 2.42. The number of nitrogens with zero attached hydrogens (tertiary/aromatic N) is 1. The number of methoxy groups -OCH3 is 2. The van der Waals surface area contributed by atoms with E-state index in [1.165, 1.54) is 28.8 Å². The number of rotatable bonds is 8. The van der Waals surface area contributed by atoms with Gasteiger partial charge in [0.25, 0.3) is 5.91 Å². The van der Waals surface area contributed by atoms with Gasteiger partial charge in [0.2, 0.25) is 5.91 Å². The van der Waals surface area contributed by atoms with Crippen LogP contribution >= 0.6 is 11.8 Å². The van der Waals surface area contributed by atoms with Crippen LogP contribution in [0.25, 0.3) is 0 Å². The SMILES string of the molecule is COc1ccc(CCNC(=O)/C=C2\Sc3ccccc3N(Cc3ccccc3F)C2=O)cc1OC. The number of anilines is 1. The second kappa shape index (κ2) is 11.1. The highest BCUT2D eigenvalue weighted by atomic mass is 32.2. The van der Waals surface area contributed by atoms with Crippen LogP contribution in [-0.4, -0.2) is 32.6 Å². The van der Waals surface area contributed by atoms with Crippen molar-refractivity contribution in [1.29, 1.82) is 0 Å². The van der Waals surface area contributed by atoms with Crippen LogP contribution < -0.4 is 19.7 Å². The Balaban J connectivity index is 1.46. The third-order valence-electron chi connectivity index (χ3n) is 5.54. The zero-order valence-corrected chi connectivity index (χ0v) is 20.2. The summed E-state index contributed by atoms with van der Waals surface area (Å²) >= 11 is 1.24. The van der Waals surface area contributed by atoms with Gasteiger partial charge in [-0.1, -0.05) is 48.2 Å². The standard InChI is InChI=1S/C27H25FN2O4S/c1-33-22-12-11-18(15-23(22)34-2)13-14-29-26(31)16-25-27(32)30(17-19-7-3-4-8-20(19)28)21-9-5-6-10-24(21)35-25/h3-12,15-16H,13-14,17H2,1-2H3,(H,29,31)/b25-16-. The van der Waals surface area contributed by atoms with Crippen molar-refractivity contribution >= 4 is 29.3 Å². The maximum atomic E-state index is 14.3. The second-order valence-corrected chi connectivity index (χ2v) is 8.88. The number of para-hydroxylation sites is 1. The number of halogens is 1. The molecule has 0 aliphatic carbocycles. The normalized spacial score (nSPS) is 14.0. The van der Waals surface area contributed by atoms with Gasteiger partial charge in [0.1, 0.15) is 5.82 Å². The predicted octanol–water partition coefficient (Wildman–Crippen LogP) is 4.72. The number of ether oxygens (including phenoxy) is 2. The summed E-state index contributed by atoms with van der Waals surface area (Å²) in [6.45, 7) is 0.452. The van der Waals surface area contributed by atoms with E-state index in [1.807, 2.05) is 42.5 Å². The molecule has 6 nitrogen and oxygen atoms in total. The number of hydrogen-bond donors (Lipinski definition) is 1. The van der Waals surface area contributed by atoms with E-state index in [-0.39, 0.29) is 29.1 Å². The lowest BCUT2D eigenvalue weighted by atomic mass is 10.1. The molecule has 1 N–H and O–H groups in total. The molecule has 0 radical (unpaired) electrons. The Bertz CT molecular complexity index is 1280. The van der Waals surface area contributed by atoms with E-state index in [0.717, 1.165) is 10.5 Å². The van der Waals surface area contributed by atoms with E-state index in [4.69, 9.17) is 9.47 Å². The molecule has 0 saturated carbocycles. The number of thioether (sulfide) groups is 1. The minimum absolute atomic E-state index is 0.0708. The van der Waals surface area contributed by atoms with E-state index in [2.05, 4.69) is 5.32 Å². The number of amides is 2. The van der Waals surface area contributed by atoms with Crippen molar-refractivity contribution in [3.63, 3.8) is 0 Å². The molecule has 0 bridgehead atoms. The monoisotopic (exact) mass is 492 g/mol. The highest BCUT2D eigenvalue weighted by molar-refractivity contribution is 8.04. The van der Waals surface area contributed by atoms with Crippen LogP contribution in [0, 0.1) is 5.82 Å². The summed E-state index contributed by atoms with van der Waals surface area (Å²) in [6.07, 6.45) is 1.89. The van der Waals surface area contributed by atoms with Gasteiger partial charge in [0, 0.05) is 23.1 Å². The van der Waals surface area contributed by atoms with E-state index in [0.29, 0.717) is 35.7 Å². The van der Waals surface area contributed by atoms with Gasteiger partial charge in [-0.05, 0) is 42.3 Å². The van der Waals surface area contributed by atoms with Gasteiger partial charge in [-0.2, -0.15) is 0 Å². The highest BCUT2D eigenvalue weighted by Gasteiger charge is 2.30. The number of nitrogens with one attached hydrogen (secondary N) is 1. The van der Waals surface area contributed by atoms with Crippen LogP contribution in [0.15, 0.2) is 82.6 Å². The predicted molar refractivity (Wildman–Crippen MR) is 134 cm³/mol. The molecule has 0 atom stereocenters. The van der Waals surface area contributed by atoms with Gasteiger partial charge < -0.3 is 19.7 Å². The minimum Gasteiger partial charge on any atom is -0.493 e. The molecule has 2 amide bonds. The van der Waals surface area contributed by atoms with Crippen molar-refractivity contribution in [3.8, 4) is 11.5 Å². The molecule has 0 spiro atoms. The molecule has 0 fully saturated rings. The van der Waals surface area contributed by atoms with E-state index in [1.54, 1.807) is 32.4 Å². The Morgan fingerprint density at radius 2 is 1.77 bits per heavy atom. The third kappa shape index (κ3) is 5.66. The molecule has 1 heterocycles. The lowest BCUT2D eigenvalue weighted by molar-refractivity contribution is -0.118. The van der Waals surface area contributed by atoms with Gasteiger partial charge in [-0.25, -0.2) is 4.39 Å². The lowest BCUT2D eigenvalue weighted by Crippen LogP contribution is -2.35. The van der Waals surface area contributed by atoms with E-state index >= 15 is 0 Å². The molecule has 0 unspecified atom stereocenters. The van der Waals surface area contributed by atoms with Crippen molar-refractivity contribution < 1.29 is 23.5 Å². The first-order chi connectivity index (χ1) is 17.0. The second-order valence-electron chi connectivity index (χ2n) is 7.79. The Labute approximate surface area is 207 Å². The molecule has 0 aromatic heterocycles. The van der Waals surface area contributed by atoms with Gasteiger partial charge in [0.05, 0.1) is 31.4 Å². The zero-order chi connectivity index (χ0) is 24.8. The van der Waals surface area contributed by atoms with Crippen LogP contribution in [0.5, 0.6) is 11.5 Å². The van der Waals surface area contributed by atoms with Gasteiger partial charge in [-0.15, -0.1) is 0 Å². The van der Waals surface area contributed by atoms with Gasteiger partial charge in [-0.3, -0.25) is 9.59 Å². The van der Waals surface area contributed by atoms with Gasteiger partial charge >= 0.3 is 0 Å². The smallest absolute Gasteiger partial charge is 0.265 e. The molecule has 0 saturated heterocycles. The zero-order valence-electron chi connectivity index (χ0n) is 19.4. The van der Waals surface area contributed by atoms with Crippen molar-refractivity contribution in [2.24, 2.45) is 0 Å². The molecule has 180 valence electrons. The van der Waals surface area contributed by atoms with Crippen LogP contribution in [0.3, 0.4) is 0 Å². The fourth-order valence-corrected chi connectivity index (χ4v) is 4.78. The maximum Gasteiger partial charge on any atom is 0.265 e. The summed E-state index contributed by atoms with van der Waals surface area (Å²) in [5.41, 5.74) is 2.07. The van der Waals surface area contributed by atoms with Crippen LogP contribution in [0.2, 0.25) is 0 Å². The minimum atomic E-state index is -0.380. The lowest BCUT2D eigenvalue weighted by Gasteiger charge is -2.30. The molecule has 35 heavy (non-hydrogen) atoms. The fraction of sp³-hybridized carbons (Fsp3) is 0.185. The fourth-order valence-electron chi connectivity index (χ4n) is 3.75. The first-order valence-electron chi connectivity index (χ1n) is 11.0. The number of hydrogen-bond acceptors (Lipinski definition) is 5. The first kappa shape index (κ1) is 24.3. The Morgan fingerprint density at radius 1 is 1.03 bits per heavy atom. The molecular weight excluding hydrogens is 467 g/mol. The van der Waals surface area contributed by atoms with Crippen molar-refractivity contribution in [3.05, 3.63) is 94.7 Å². The molecular formula is C27H25FN2O4S. The van der Waals surface area contributed by atoms with Crippen molar-refractivity contribution in [2.45, 2.75) is 17.9 Å². The molecule has 1 aliphatic rings. The van der Waals surface area contributed by atoms with E-state index in [9.17, 15) is 14.0 Å². The summed E-state index contributed by atoms with van der Waals surface area (Å²) in [6, 6.07) is 19.3. The van der Waals surface area contributed by atoms with Gasteiger partial charge in [0.15, 0.2) is 11.5 Å². The summed E-state index contributed by atoms with van der Waals surface area (Å²) < 4.78 is 24.8. The molecule has 3 aromatic carbocycles. The Hall–Kier alpha value is -3.78. The maximum absolute atomic E-state index is 14.3. The Morgan fingerprint density at radius 3 is 2.54 bits per heavy atom.